The second-order valence-electron chi connectivity index (χ2n) is 7.87. The van der Waals surface area contributed by atoms with Crippen LogP contribution in [-0.4, -0.2) is 29.2 Å². The third-order valence-corrected chi connectivity index (χ3v) is 5.45. The van der Waals surface area contributed by atoms with Gasteiger partial charge in [-0.3, -0.25) is 4.98 Å². The largest absolute Gasteiger partial charge is 0.493 e. The Morgan fingerprint density at radius 3 is 2.61 bits per heavy atom. The summed E-state index contributed by atoms with van der Waals surface area (Å²) in [7, 11) is 1.57. The van der Waals surface area contributed by atoms with Crippen molar-refractivity contribution in [1.29, 1.82) is 0 Å². The van der Waals surface area contributed by atoms with E-state index in [9.17, 15) is 4.39 Å². The van der Waals surface area contributed by atoms with E-state index in [0.29, 0.717) is 40.1 Å². The van der Waals surface area contributed by atoms with Gasteiger partial charge in [0.1, 0.15) is 12.4 Å². The molecule has 31 heavy (non-hydrogen) atoms. The van der Waals surface area contributed by atoms with Gasteiger partial charge in [0.05, 0.1) is 18.2 Å². The minimum Gasteiger partial charge on any atom is -0.493 e. The van der Waals surface area contributed by atoms with E-state index in [2.05, 4.69) is 9.97 Å². The molecular formula is C23H23ClFN3O3. The van der Waals surface area contributed by atoms with Gasteiger partial charge >= 0.3 is 0 Å². The summed E-state index contributed by atoms with van der Waals surface area (Å²) in [5.74, 6) is 1.33. The van der Waals surface area contributed by atoms with Gasteiger partial charge in [0.25, 0.3) is 0 Å². The first kappa shape index (κ1) is 21.2. The number of nitrogens with one attached hydrogen (secondary N) is 1. The standard InChI is InChI=1S/C23H22FN3O3.ClH/c1-13-9-15-16(27-13)3-4-19(22(15)24)30-18-5-8-26-17-11-21(20(28-2)10-14(17)18)29-12-23(25)6-7-23;/h3-5,8-11,27H,6-7,12,25H2,1-2H3;1H. The molecule has 0 atom stereocenters. The summed E-state index contributed by atoms with van der Waals surface area (Å²) in [6.45, 7) is 2.31. The van der Waals surface area contributed by atoms with Crippen molar-refractivity contribution in [2.75, 3.05) is 13.7 Å². The number of fused-ring (bicyclic) bond motifs is 2. The lowest BCUT2D eigenvalue weighted by molar-refractivity contribution is 0.264. The highest BCUT2D eigenvalue weighted by atomic mass is 35.5. The van der Waals surface area contributed by atoms with Crippen LogP contribution in [0.4, 0.5) is 4.39 Å². The van der Waals surface area contributed by atoms with Gasteiger partial charge in [-0.2, -0.15) is 0 Å². The maximum atomic E-state index is 15.0. The third-order valence-electron chi connectivity index (χ3n) is 5.45. The zero-order valence-corrected chi connectivity index (χ0v) is 18.0. The van der Waals surface area contributed by atoms with Gasteiger partial charge in [0.15, 0.2) is 23.1 Å². The van der Waals surface area contributed by atoms with E-state index in [1.54, 1.807) is 49.7 Å². The molecule has 0 saturated heterocycles. The lowest BCUT2D eigenvalue weighted by atomic mass is 10.1. The first-order valence-corrected chi connectivity index (χ1v) is 9.80. The van der Waals surface area contributed by atoms with Crippen molar-refractivity contribution < 1.29 is 18.6 Å². The number of ether oxygens (including phenoxy) is 3. The smallest absolute Gasteiger partial charge is 0.175 e. The molecule has 0 radical (unpaired) electrons. The zero-order chi connectivity index (χ0) is 20.9. The molecule has 4 aromatic rings. The first-order chi connectivity index (χ1) is 14.5. The normalized spacial score (nSPS) is 14.3. The Bertz CT molecular complexity index is 1270. The predicted octanol–water partition coefficient (Wildman–Crippen LogP) is 5.26. The third kappa shape index (κ3) is 3.98. The van der Waals surface area contributed by atoms with E-state index in [0.717, 1.165) is 24.1 Å². The van der Waals surface area contributed by atoms with E-state index in [4.69, 9.17) is 19.9 Å². The fraction of sp³-hybridized carbons (Fsp3) is 0.261. The number of benzene rings is 2. The molecule has 5 rings (SSSR count). The predicted molar refractivity (Wildman–Crippen MR) is 120 cm³/mol. The summed E-state index contributed by atoms with van der Waals surface area (Å²) in [5, 5.41) is 1.19. The molecule has 0 aliphatic heterocycles. The van der Waals surface area contributed by atoms with Crippen molar-refractivity contribution in [3.8, 4) is 23.0 Å². The van der Waals surface area contributed by atoms with E-state index < -0.39 is 5.82 Å². The van der Waals surface area contributed by atoms with E-state index >= 15 is 0 Å². The molecule has 2 aromatic heterocycles. The van der Waals surface area contributed by atoms with Gasteiger partial charge in [-0.25, -0.2) is 4.39 Å². The highest BCUT2D eigenvalue weighted by Crippen LogP contribution is 2.40. The molecular weight excluding hydrogens is 421 g/mol. The van der Waals surface area contributed by atoms with Gasteiger partial charge in [-0.1, -0.05) is 0 Å². The monoisotopic (exact) mass is 443 g/mol. The van der Waals surface area contributed by atoms with Crippen LogP contribution < -0.4 is 19.9 Å². The minimum atomic E-state index is -0.411. The maximum Gasteiger partial charge on any atom is 0.175 e. The molecule has 2 aromatic carbocycles. The Morgan fingerprint density at radius 2 is 1.87 bits per heavy atom. The van der Waals surface area contributed by atoms with E-state index in [-0.39, 0.29) is 23.7 Å². The molecule has 6 nitrogen and oxygen atoms in total. The fourth-order valence-corrected chi connectivity index (χ4v) is 3.50. The molecule has 0 unspecified atom stereocenters. The van der Waals surface area contributed by atoms with Crippen LogP contribution in [0.5, 0.6) is 23.0 Å². The van der Waals surface area contributed by atoms with Crippen LogP contribution in [0.25, 0.3) is 21.8 Å². The average molecular weight is 444 g/mol. The van der Waals surface area contributed by atoms with Crippen molar-refractivity contribution >= 4 is 34.2 Å². The SMILES string of the molecule is COc1cc2c(Oc3ccc4[nH]c(C)cc4c3F)ccnc2cc1OCC1(N)CC1.Cl. The Morgan fingerprint density at radius 1 is 1.06 bits per heavy atom. The highest BCUT2D eigenvalue weighted by Gasteiger charge is 2.39. The minimum absolute atomic E-state index is 0. The van der Waals surface area contributed by atoms with Crippen molar-refractivity contribution in [2.45, 2.75) is 25.3 Å². The van der Waals surface area contributed by atoms with Gasteiger partial charge in [0.2, 0.25) is 0 Å². The summed E-state index contributed by atoms with van der Waals surface area (Å²) in [5.41, 5.74) is 8.15. The van der Waals surface area contributed by atoms with Crippen LogP contribution in [0.15, 0.2) is 42.6 Å². The van der Waals surface area contributed by atoms with Gasteiger partial charge in [0, 0.05) is 34.2 Å². The molecule has 1 aliphatic carbocycles. The fourth-order valence-electron chi connectivity index (χ4n) is 3.50. The summed E-state index contributed by atoms with van der Waals surface area (Å²) >= 11 is 0. The molecule has 0 amide bonds. The molecule has 1 fully saturated rings. The summed E-state index contributed by atoms with van der Waals surface area (Å²) in [6, 6.07) is 10.5. The number of aryl methyl sites for hydroxylation is 1. The number of aromatic amines is 1. The summed E-state index contributed by atoms with van der Waals surface area (Å²) < 4.78 is 32.3. The molecule has 8 heteroatoms. The van der Waals surface area contributed by atoms with Crippen LogP contribution in [0.1, 0.15) is 18.5 Å². The molecule has 0 spiro atoms. The van der Waals surface area contributed by atoms with Crippen LogP contribution >= 0.6 is 12.4 Å². The number of aromatic nitrogens is 2. The molecule has 3 N–H and O–H groups in total. The highest BCUT2D eigenvalue weighted by molar-refractivity contribution is 5.89. The number of hydrogen-bond acceptors (Lipinski definition) is 5. The van der Waals surface area contributed by atoms with Crippen LogP contribution in [-0.2, 0) is 0 Å². The molecule has 162 valence electrons. The van der Waals surface area contributed by atoms with Gasteiger partial charge in [-0.05, 0) is 50.1 Å². The van der Waals surface area contributed by atoms with Crippen LogP contribution in [0.3, 0.4) is 0 Å². The number of hydrogen-bond donors (Lipinski definition) is 2. The number of nitrogens with two attached hydrogens (primary N) is 1. The van der Waals surface area contributed by atoms with Crippen LogP contribution in [0.2, 0.25) is 0 Å². The lowest BCUT2D eigenvalue weighted by Crippen LogP contribution is -2.29. The van der Waals surface area contributed by atoms with Crippen molar-refractivity contribution in [3.05, 3.63) is 54.1 Å². The first-order valence-electron chi connectivity index (χ1n) is 9.80. The topological polar surface area (TPSA) is 82.4 Å². The maximum absolute atomic E-state index is 15.0. The van der Waals surface area contributed by atoms with Crippen molar-refractivity contribution in [1.82, 2.24) is 9.97 Å². The lowest BCUT2D eigenvalue weighted by Gasteiger charge is -2.16. The number of nitrogens with zero attached hydrogens (tertiary/aromatic N) is 1. The number of H-pyrrole nitrogens is 1. The molecule has 0 bridgehead atoms. The summed E-state index contributed by atoms with van der Waals surface area (Å²) in [4.78, 5) is 7.53. The van der Waals surface area contributed by atoms with Gasteiger partial charge in [-0.15, -0.1) is 12.4 Å². The average Bonchev–Trinajstić information content (AvgIpc) is 3.35. The number of pyridine rings is 1. The Balaban J connectivity index is 0.00000231. The second kappa shape index (κ2) is 7.90. The molecule has 2 heterocycles. The number of halogens is 2. The van der Waals surface area contributed by atoms with Crippen molar-refractivity contribution in [2.24, 2.45) is 5.73 Å². The zero-order valence-electron chi connectivity index (χ0n) is 17.2. The van der Waals surface area contributed by atoms with E-state index in [1.807, 2.05) is 6.92 Å². The molecule has 1 saturated carbocycles. The summed E-state index contributed by atoms with van der Waals surface area (Å²) in [6.07, 6.45) is 3.53. The Kier molecular flexibility index (Phi) is 5.41. The number of methoxy groups -OCH3 is 1. The van der Waals surface area contributed by atoms with Crippen molar-refractivity contribution in [3.63, 3.8) is 0 Å². The van der Waals surface area contributed by atoms with Gasteiger partial charge < -0.3 is 24.9 Å². The Hall–Kier alpha value is -3.03. The Labute approximate surface area is 184 Å². The molecule has 1 aliphatic rings. The number of rotatable bonds is 6. The quantitative estimate of drug-likeness (QED) is 0.425. The second-order valence-corrected chi connectivity index (χ2v) is 7.87. The van der Waals surface area contributed by atoms with E-state index in [1.165, 1.54) is 0 Å². The van der Waals surface area contributed by atoms with Crippen LogP contribution in [0, 0.1) is 12.7 Å².